The van der Waals surface area contributed by atoms with E-state index in [1.165, 1.54) is 0 Å². The normalized spacial score (nSPS) is 20.0. The Balaban J connectivity index is 1.11. The molecule has 0 atom stereocenters. The molecular weight excluding hydrogens is 418 g/mol. The summed E-state index contributed by atoms with van der Waals surface area (Å²) in [5.41, 5.74) is 2.81. The first kappa shape index (κ1) is 21.5. The van der Waals surface area contributed by atoms with Gasteiger partial charge in [-0.25, -0.2) is 0 Å². The van der Waals surface area contributed by atoms with Crippen molar-refractivity contribution in [1.82, 2.24) is 10.3 Å². The lowest BCUT2D eigenvalue weighted by Gasteiger charge is -2.29. The number of carbonyl (C=O) groups is 1. The Bertz CT molecular complexity index is 1140. The maximum Gasteiger partial charge on any atom is 0.262 e. The van der Waals surface area contributed by atoms with Gasteiger partial charge in [-0.3, -0.25) is 9.78 Å². The highest BCUT2D eigenvalue weighted by molar-refractivity contribution is 5.95. The number of ether oxygens (including phenoxy) is 3. The van der Waals surface area contributed by atoms with Gasteiger partial charge in [-0.2, -0.15) is 0 Å². The van der Waals surface area contributed by atoms with E-state index in [4.69, 9.17) is 14.2 Å². The minimum Gasteiger partial charge on any atom is -0.497 e. The average molecular weight is 448 g/mol. The van der Waals surface area contributed by atoms with E-state index in [2.05, 4.69) is 21.7 Å². The third-order valence-electron chi connectivity index (χ3n) is 6.50. The summed E-state index contributed by atoms with van der Waals surface area (Å²) >= 11 is 0. The molecule has 7 nitrogen and oxygen atoms in total. The van der Waals surface area contributed by atoms with Gasteiger partial charge in [-0.15, -0.1) is 0 Å². The second kappa shape index (κ2) is 9.67. The van der Waals surface area contributed by atoms with Gasteiger partial charge in [0.1, 0.15) is 17.2 Å². The number of nitrogens with zero attached hydrogens (tertiary/aromatic N) is 1. The zero-order valence-electron chi connectivity index (χ0n) is 18.8. The van der Waals surface area contributed by atoms with Crippen LogP contribution >= 0.6 is 0 Å². The number of hydrogen-bond acceptors (Lipinski definition) is 6. The van der Waals surface area contributed by atoms with Crippen LogP contribution in [0.15, 0.2) is 48.7 Å². The fourth-order valence-electron chi connectivity index (χ4n) is 4.60. The number of nitrogens with one attached hydrogen (secondary N) is 2. The van der Waals surface area contributed by atoms with Crippen LogP contribution in [0, 0.1) is 5.92 Å². The predicted molar refractivity (Wildman–Crippen MR) is 127 cm³/mol. The molecule has 1 aliphatic heterocycles. The molecule has 172 valence electrons. The van der Waals surface area contributed by atoms with Crippen molar-refractivity contribution in [3.8, 4) is 17.2 Å². The van der Waals surface area contributed by atoms with E-state index in [0.717, 1.165) is 71.6 Å². The lowest BCUT2D eigenvalue weighted by molar-refractivity contribution is -0.118. The second-order valence-electron chi connectivity index (χ2n) is 8.77. The average Bonchev–Trinajstić information content (AvgIpc) is 2.86. The van der Waals surface area contributed by atoms with E-state index in [0.29, 0.717) is 18.6 Å². The number of pyridine rings is 1. The van der Waals surface area contributed by atoms with Gasteiger partial charge < -0.3 is 24.8 Å². The van der Waals surface area contributed by atoms with E-state index in [1.54, 1.807) is 13.3 Å². The first-order valence-electron chi connectivity index (χ1n) is 11.5. The highest BCUT2D eigenvalue weighted by atomic mass is 16.5. The second-order valence-corrected chi connectivity index (χ2v) is 8.77. The predicted octanol–water partition coefficient (Wildman–Crippen LogP) is 4.30. The van der Waals surface area contributed by atoms with E-state index in [9.17, 15) is 4.79 Å². The minimum absolute atomic E-state index is 0.0864. The van der Waals surface area contributed by atoms with Crippen LogP contribution in [-0.4, -0.2) is 37.3 Å². The third kappa shape index (κ3) is 5.03. The van der Waals surface area contributed by atoms with Crippen LogP contribution in [0.3, 0.4) is 0 Å². The minimum atomic E-state index is -0.105. The molecular formula is C26H29N3O4. The van der Waals surface area contributed by atoms with E-state index < -0.39 is 0 Å². The Morgan fingerprint density at radius 2 is 2.00 bits per heavy atom. The molecule has 2 N–H and O–H groups in total. The molecule has 1 aromatic heterocycles. The fraction of sp³-hybridized carbons (Fsp3) is 0.385. The Hall–Kier alpha value is -3.32. The lowest BCUT2D eigenvalue weighted by Crippen LogP contribution is -2.34. The van der Waals surface area contributed by atoms with Gasteiger partial charge in [0.15, 0.2) is 6.61 Å². The number of rotatable bonds is 7. The SMILES string of the molecule is COc1ccc2nccc(OCC3CCC(NCc4ccc5c(c4)NC(=O)CO5)CC3)c2c1. The molecule has 7 heteroatoms. The number of benzene rings is 2. The number of amides is 1. The van der Waals surface area contributed by atoms with Gasteiger partial charge in [0.05, 0.1) is 24.9 Å². The smallest absolute Gasteiger partial charge is 0.262 e. The van der Waals surface area contributed by atoms with Crippen LogP contribution in [0.2, 0.25) is 0 Å². The summed E-state index contributed by atoms with van der Waals surface area (Å²) in [6.07, 6.45) is 6.33. The van der Waals surface area contributed by atoms with Crippen LogP contribution in [-0.2, 0) is 11.3 Å². The van der Waals surface area contributed by atoms with Gasteiger partial charge in [0, 0.05) is 24.2 Å². The monoisotopic (exact) mass is 447 g/mol. The molecule has 2 heterocycles. The van der Waals surface area contributed by atoms with Crippen molar-refractivity contribution in [3.63, 3.8) is 0 Å². The molecule has 0 spiro atoms. The molecule has 1 saturated carbocycles. The Labute approximate surface area is 193 Å². The zero-order valence-corrected chi connectivity index (χ0v) is 18.8. The first-order chi connectivity index (χ1) is 16.2. The van der Waals surface area contributed by atoms with Crippen molar-refractivity contribution in [2.75, 3.05) is 25.6 Å². The summed E-state index contributed by atoms with van der Waals surface area (Å²) in [5.74, 6) is 2.85. The van der Waals surface area contributed by atoms with E-state index in [-0.39, 0.29) is 12.5 Å². The standard InChI is InChI=1S/C26H29N3O4/c1-31-20-7-8-22-21(13-20)24(10-11-27-22)32-15-17-2-5-19(6-3-17)28-14-18-4-9-25-23(12-18)29-26(30)16-33-25/h4,7-13,17,19,28H,2-3,5-6,14-16H2,1H3,(H,29,30). The topological polar surface area (TPSA) is 81.7 Å². The third-order valence-corrected chi connectivity index (χ3v) is 6.50. The molecule has 0 bridgehead atoms. The number of fused-ring (bicyclic) bond motifs is 2. The summed E-state index contributed by atoms with van der Waals surface area (Å²) in [5, 5.41) is 7.53. The Morgan fingerprint density at radius 1 is 1.12 bits per heavy atom. The summed E-state index contributed by atoms with van der Waals surface area (Å²) in [4.78, 5) is 16.0. The molecule has 0 radical (unpaired) electrons. The number of hydrogen-bond donors (Lipinski definition) is 2. The maximum atomic E-state index is 11.5. The zero-order chi connectivity index (χ0) is 22.6. The highest BCUT2D eigenvalue weighted by Gasteiger charge is 2.22. The van der Waals surface area contributed by atoms with Crippen molar-refractivity contribution in [1.29, 1.82) is 0 Å². The van der Waals surface area contributed by atoms with Crippen molar-refractivity contribution < 1.29 is 19.0 Å². The summed E-state index contributed by atoms with van der Waals surface area (Å²) < 4.78 is 17.0. The van der Waals surface area contributed by atoms with Crippen LogP contribution < -0.4 is 24.8 Å². The van der Waals surface area contributed by atoms with Crippen LogP contribution in [0.1, 0.15) is 31.2 Å². The molecule has 5 rings (SSSR count). The first-order valence-corrected chi connectivity index (χ1v) is 11.5. The van der Waals surface area contributed by atoms with Gasteiger partial charge in [0.2, 0.25) is 0 Å². The number of anilines is 1. The molecule has 2 aliphatic rings. The molecule has 3 aromatic rings. The fourth-order valence-corrected chi connectivity index (χ4v) is 4.60. The molecule has 2 aromatic carbocycles. The summed E-state index contributed by atoms with van der Waals surface area (Å²) in [6.45, 7) is 1.58. The number of carbonyl (C=O) groups excluding carboxylic acids is 1. The van der Waals surface area contributed by atoms with E-state index >= 15 is 0 Å². The van der Waals surface area contributed by atoms with Crippen LogP contribution in [0.25, 0.3) is 10.9 Å². The molecule has 1 amide bonds. The Kier molecular flexibility index (Phi) is 6.30. The van der Waals surface area contributed by atoms with Crippen molar-refractivity contribution in [2.24, 2.45) is 5.92 Å². The Morgan fingerprint density at radius 3 is 2.85 bits per heavy atom. The van der Waals surface area contributed by atoms with Gasteiger partial charge >= 0.3 is 0 Å². The quantitative estimate of drug-likeness (QED) is 0.562. The van der Waals surface area contributed by atoms with Crippen molar-refractivity contribution >= 4 is 22.5 Å². The molecule has 33 heavy (non-hydrogen) atoms. The maximum absolute atomic E-state index is 11.5. The summed E-state index contributed by atoms with van der Waals surface area (Å²) in [6, 6.07) is 14.3. The van der Waals surface area contributed by atoms with Gasteiger partial charge in [-0.1, -0.05) is 6.07 Å². The number of aromatic nitrogens is 1. The molecule has 0 unspecified atom stereocenters. The lowest BCUT2D eigenvalue weighted by atomic mass is 9.86. The summed E-state index contributed by atoms with van der Waals surface area (Å²) in [7, 11) is 1.67. The highest BCUT2D eigenvalue weighted by Crippen LogP contribution is 2.31. The van der Waals surface area contributed by atoms with Crippen LogP contribution in [0.4, 0.5) is 5.69 Å². The van der Waals surface area contributed by atoms with Crippen LogP contribution in [0.5, 0.6) is 17.2 Å². The van der Waals surface area contributed by atoms with Gasteiger partial charge in [-0.05, 0) is 73.6 Å². The van der Waals surface area contributed by atoms with Crippen molar-refractivity contribution in [3.05, 3.63) is 54.2 Å². The molecule has 0 saturated heterocycles. The van der Waals surface area contributed by atoms with E-state index in [1.807, 2.05) is 36.4 Å². The molecule has 1 fully saturated rings. The molecule has 1 aliphatic carbocycles. The number of methoxy groups -OCH3 is 1. The largest absolute Gasteiger partial charge is 0.497 e. The van der Waals surface area contributed by atoms with Crippen molar-refractivity contribution in [2.45, 2.75) is 38.3 Å². The van der Waals surface area contributed by atoms with Gasteiger partial charge in [0.25, 0.3) is 5.91 Å².